The van der Waals surface area contributed by atoms with Crippen molar-refractivity contribution >= 4 is 17.6 Å². The van der Waals surface area contributed by atoms with E-state index in [1.54, 1.807) is 24.0 Å². The Bertz CT molecular complexity index is 1680. The molecule has 1 amide bonds. The van der Waals surface area contributed by atoms with E-state index in [0.29, 0.717) is 18.0 Å². The van der Waals surface area contributed by atoms with Gasteiger partial charge in [0.15, 0.2) is 0 Å². The second-order valence-corrected chi connectivity index (χ2v) is 11.9. The molecule has 0 spiro atoms. The lowest BCUT2D eigenvalue weighted by atomic mass is 10.1. The van der Waals surface area contributed by atoms with Gasteiger partial charge in [0.25, 0.3) is 5.91 Å². The smallest absolute Gasteiger partial charge is 0.344 e. The van der Waals surface area contributed by atoms with Gasteiger partial charge in [-0.3, -0.25) is 4.79 Å². The van der Waals surface area contributed by atoms with Crippen molar-refractivity contribution in [2.75, 3.05) is 24.7 Å². The fraction of sp³-hybridized carbons (Fsp3) is 0.286. The zero-order valence-corrected chi connectivity index (χ0v) is 29.0. The first-order chi connectivity index (χ1) is 23.8. The fourth-order valence-electron chi connectivity index (χ4n) is 5.06. The number of rotatable bonds is 18. The maximum Gasteiger partial charge on any atom is 0.344 e. The zero-order valence-electron chi connectivity index (χ0n) is 29.0. The Balaban J connectivity index is 1.71. The molecule has 7 heteroatoms. The number of amides is 1. The first-order valence-corrected chi connectivity index (χ1v) is 16.7. The molecule has 0 atom stereocenters. The molecule has 0 aliphatic carbocycles. The molecule has 49 heavy (non-hydrogen) atoms. The van der Waals surface area contributed by atoms with Gasteiger partial charge in [0.2, 0.25) is 0 Å². The molecule has 0 aliphatic rings. The summed E-state index contributed by atoms with van der Waals surface area (Å²) in [5, 5.41) is 0. The van der Waals surface area contributed by atoms with Gasteiger partial charge in [-0.25, -0.2) is 4.79 Å². The van der Waals surface area contributed by atoms with Crippen LogP contribution < -0.4 is 14.4 Å². The van der Waals surface area contributed by atoms with Gasteiger partial charge < -0.3 is 23.8 Å². The van der Waals surface area contributed by atoms with Crippen molar-refractivity contribution < 1.29 is 28.5 Å². The molecule has 4 rings (SSSR count). The maximum absolute atomic E-state index is 14.1. The lowest BCUT2D eigenvalue weighted by Gasteiger charge is -2.27. The Morgan fingerprint density at radius 1 is 0.735 bits per heavy atom. The van der Waals surface area contributed by atoms with Crippen LogP contribution >= 0.6 is 0 Å². The van der Waals surface area contributed by atoms with Crippen molar-refractivity contribution in [2.45, 2.75) is 60.3 Å². The van der Waals surface area contributed by atoms with Gasteiger partial charge in [-0.15, -0.1) is 0 Å². The number of allylic oxidation sites excluding steroid dienone is 3. The minimum atomic E-state index is -0.600. The van der Waals surface area contributed by atoms with E-state index in [2.05, 4.69) is 26.8 Å². The predicted octanol–water partition coefficient (Wildman–Crippen LogP) is 9.26. The van der Waals surface area contributed by atoms with Crippen LogP contribution in [0.25, 0.3) is 0 Å². The second-order valence-electron chi connectivity index (χ2n) is 11.9. The Labute approximate surface area is 290 Å². The van der Waals surface area contributed by atoms with Crippen molar-refractivity contribution in [3.05, 3.63) is 149 Å². The summed E-state index contributed by atoms with van der Waals surface area (Å²) in [7, 11) is 0. The summed E-state index contributed by atoms with van der Waals surface area (Å²) >= 11 is 0. The van der Waals surface area contributed by atoms with Crippen molar-refractivity contribution in [1.29, 1.82) is 0 Å². The average molecular weight is 662 g/mol. The Kier molecular flexibility index (Phi) is 14.7. The van der Waals surface area contributed by atoms with Gasteiger partial charge in [-0.2, -0.15) is 0 Å². The third kappa shape index (κ3) is 12.1. The molecule has 0 aliphatic heterocycles. The Hall–Kier alpha value is -5.14. The van der Waals surface area contributed by atoms with Crippen LogP contribution in [0.3, 0.4) is 0 Å². The molecule has 0 bridgehead atoms. The van der Waals surface area contributed by atoms with Gasteiger partial charge in [0.05, 0.1) is 25.4 Å². The lowest BCUT2D eigenvalue weighted by molar-refractivity contribution is -0.122. The van der Waals surface area contributed by atoms with E-state index in [4.69, 9.17) is 18.9 Å². The molecule has 0 saturated heterocycles. The van der Waals surface area contributed by atoms with Crippen molar-refractivity contribution in [2.24, 2.45) is 0 Å². The third-order valence-corrected chi connectivity index (χ3v) is 7.66. The van der Waals surface area contributed by atoms with E-state index in [1.807, 2.05) is 97.1 Å². The molecule has 0 fully saturated rings. The molecule has 0 radical (unpaired) electrons. The van der Waals surface area contributed by atoms with Gasteiger partial charge in [0, 0.05) is 12.1 Å². The average Bonchev–Trinajstić information content (AvgIpc) is 3.11. The van der Waals surface area contributed by atoms with Crippen LogP contribution in [0.2, 0.25) is 0 Å². The summed E-state index contributed by atoms with van der Waals surface area (Å²) in [5.41, 5.74) is 5.71. The fourth-order valence-corrected chi connectivity index (χ4v) is 5.06. The number of hydrogen-bond acceptors (Lipinski definition) is 6. The molecule has 256 valence electrons. The standard InChI is InChI=1S/C42H47NO6/c1-5-47-42(45)41-38(26-37(48-29-35-20-11-7-12-21-35)27-39(41)49-30-36-22-13-8-14-23-36)43(28-34-18-9-6-10-19-34)40(44)31-46-25-24-33(4)17-15-16-32(2)3/h6-14,16,18-24,26-27H,5,15,17,25,28-31H2,1-4H3. The van der Waals surface area contributed by atoms with Crippen LogP contribution in [0.5, 0.6) is 11.5 Å². The lowest BCUT2D eigenvalue weighted by Crippen LogP contribution is -2.35. The summed E-state index contributed by atoms with van der Waals surface area (Å²) in [5.74, 6) is -0.225. The highest BCUT2D eigenvalue weighted by atomic mass is 16.5. The van der Waals surface area contributed by atoms with E-state index < -0.39 is 5.97 Å². The minimum Gasteiger partial charge on any atom is -0.489 e. The molecule has 0 heterocycles. The number of carbonyl (C=O) groups excluding carboxylic acids is 2. The monoisotopic (exact) mass is 661 g/mol. The van der Waals surface area contributed by atoms with E-state index in [-0.39, 0.29) is 50.2 Å². The molecule has 4 aromatic rings. The van der Waals surface area contributed by atoms with Crippen LogP contribution in [0.15, 0.2) is 126 Å². The summed E-state index contributed by atoms with van der Waals surface area (Å²) in [4.78, 5) is 29.4. The second kappa shape index (κ2) is 19.6. The SMILES string of the molecule is CCOC(=O)c1c(OCc2ccccc2)cc(OCc2ccccc2)cc1N(Cc1ccccc1)C(=O)COCC=C(C)CCC=C(C)C. The van der Waals surface area contributed by atoms with Crippen molar-refractivity contribution in [3.63, 3.8) is 0 Å². The number of benzene rings is 4. The van der Waals surface area contributed by atoms with Crippen LogP contribution in [0.1, 0.15) is 67.6 Å². The molecule has 0 saturated carbocycles. The third-order valence-electron chi connectivity index (χ3n) is 7.66. The largest absolute Gasteiger partial charge is 0.489 e. The molecular formula is C42H47NO6. The summed E-state index contributed by atoms with van der Waals surface area (Å²) in [6, 6.07) is 32.5. The first-order valence-electron chi connectivity index (χ1n) is 16.7. The van der Waals surface area contributed by atoms with E-state index >= 15 is 0 Å². The topological polar surface area (TPSA) is 74.3 Å². The van der Waals surface area contributed by atoms with Crippen LogP contribution in [-0.4, -0.2) is 31.7 Å². The predicted molar refractivity (Wildman–Crippen MR) is 195 cm³/mol. The Morgan fingerprint density at radius 3 is 1.92 bits per heavy atom. The van der Waals surface area contributed by atoms with Crippen molar-refractivity contribution in [1.82, 2.24) is 0 Å². The highest BCUT2D eigenvalue weighted by Gasteiger charge is 2.28. The van der Waals surface area contributed by atoms with Crippen LogP contribution in [-0.2, 0) is 34.0 Å². The molecule has 0 unspecified atom stereocenters. The van der Waals surface area contributed by atoms with E-state index in [1.165, 1.54) is 11.1 Å². The molecule has 7 nitrogen and oxygen atoms in total. The number of ether oxygens (including phenoxy) is 4. The molecule has 0 N–H and O–H groups in total. The number of anilines is 1. The highest BCUT2D eigenvalue weighted by molar-refractivity contribution is 6.05. The Morgan fingerprint density at radius 2 is 1.33 bits per heavy atom. The number of hydrogen-bond donors (Lipinski definition) is 0. The quantitative estimate of drug-likeness (QED) is 0.0601. The minimum absolute atomic E-state index is 0.143. The maximum atomic E-state index is 14.1. The summed E-state index contributed by atoms with van der Waals surface area (Å²) < 4.78 is 24.0. The van der Waals surface area contributed by atoms with Crippen LogP contribution in [0.4, 0.5) is 5.69 Å². The van der Waals surface area contributed by atoms with Gasteiger partial charge >= 0.3 is 5.97 Å². The zero-order chi connectivity index (χ0) is 34.8. The van der Waals surface area contributed by atoms with E-state index in [9.17, 15) is 9.59 Å². The number of nitrogens with zero attached hydrogens (tertiary/aromatic N) is 1. The van der Waals surface area contributed by atoms with Gasteiger partial charge in [-0.05, 0) is 57.2 Å². The van der Waals surface area contributed by atoms with Crippen LogP contribution in [0, 0.1) is 0 Å². The number of carbonyl (C=O) groups is 2. The van der Waals surface area contributed by atoms with E-state index in [0.717, 1.165) is 29.5 Å². The summed E-state index contributed by atoms with van der Waals surface area (Å²) in [6.07, 6.45) is 6.10. The normalized spacial score (nSPS) is 11.1. The molecule has 4 aromatic carbocycles. The summed E-state index contributed by atoms with van der Waals surface area (Å²) in [6.45, 7) is 8.91. The first kappa shape index (κ1) is 36.7. The molecular weight excluding hydrogens is 614 g/mol. The van der Waals surface area contributed by atoms with Gasteiger partial charge in [0.1, 0.15) is 36.9 Å². The van der Waals surface area contributed by atoms with Gasteiger partial charge in [-0.1, -0.05) is 114 Å². The van der Waals surface area contributed by atoms with Crippen molar-refractivity contribution in [3.8, 4) is 11.5 Å². The molecule has 0 aromatic heterocycles. The highest BCUT2D eigenvalue weighted by Crippen LogP contribution is 2.37. The number of esters is 1.